The van der Waals surface area contributed by atoms with Crippen LogP contribution < -0.4 is 20.3 Å². The summed E-state index contributed by atoms with van der Waals surface area (Å²) in [5, 5.41) is 15.4. The highest BCUT2D eigenvalue weighted by Crippen LogP contribution is 2.38. The minimum absolute atomic E-state index is 0.0475. The number of anilines is 2. The molecule has 2 unspecified atom stereocenters. The number of aliphatic hydroxyl groups excluding tert-OH is 1. The van der Waals surface area contributed by atoms with E-state index < -0.39 is 11.7 Å². The summed E-state index contributed by atoms with van der Waals surface area (Å²) in [6.07, 6.45) is 0.136. The zero-order chi connectivity index (χ0) is 16.7. The van der Waals surface area contributed by atoms with Crippen molar-refractivity contribution in [3.05, 3.63) is 12.1 Å². The zero-order valence-electron chi connectivity index (χ0n) is 12.9. The van der Waals surface area contributed by atoms with Gasteiger partial charge in [0.1, 0.15) is 11.4 Å². The molecule has 4 heterocycles. The van der Waals surface area contributed by atoms with E-state index in [4.69, 9.17) is 9.47 Å². The lowest BCUT2D eigenvalue weighted by molar-refractivity contribution is -0.118. The van der Waals surface area contributed by atoms with Gasteiger partial charge in [0, 0.05) is 18.9 Å². The fraction of sp³-hybridized carbons (Fsp3) is 0.533. The lowest BCUT2D eigenvalue weighted by atomic mass is 9.82. The van der Waals surface area contributed by atoms with Crippen LogP contribution in [0.2, 0.25) is 0 Å². The number of piperidine rings is 1. The first-order chi connectivity index (χ1) is 11.6. The molecule has 0 saturated carbocycles. The SMILES string of the molecule is O=C1COc2ccc(N3CC4(CCNCC4CO)OC3=O)nc2N1. The molecular weight excluding hydrogens is 316 g/mol. The molecule has 0 aliphatic carbocycles. The first-order valence-electron chi connectivity index (χ1n) is 7.87. The highest BCUT2D eigenvalue weighted by atomic mass is 16.6. The van der Waals surface area contributed by atoms with Crippen LogP contribution in [0, 0.1) is 5.92 Å². The normalized spacial score (nSPS) is 29.0. The van der Waals surface area contributed by atoms with Crippen molar-refractivity contribution in [1.29, 1.82) is 0 Å². The van der Waals surface area contributed by atoms with E-state index in [0.29, 0.717) is 36.9 Å². The molecule has 2 amide bonds. The third-order valence-electron chi connectivity index (χ3n) is 4.75. The van der Waals surface area contributed by atoms with Crippen LogP contribution in [0.3, 0.4) is 0 Å². The van der Waals surface area contributed by atoms with Gasteiger partial charge in [-0.3, -0.25) is 9.69 Å². The summed E-state index contributed by atoms with van der Waals surface area (Å²) in [4.78, 5) is 29.6. The lowest BCUT2D eigenvalue weighted by Gasteiger charge is -2.38. The number of pyridine rings is 1. The highest BCUT2D eigenvalue weighted by molar-refractivity contribution is 5.95. The van der Waals surface area contributed by atoms with Crippen LogP contribution in [0.5, 0.6) is 5.75 Å². The van der Waals surface area contributed by atoms with E-state index in [2.05, 4.69) is 15.6 Å². The predicted molar refractivity (Wildman–Crippen MR) is 83.0 cm³/mol. The Morgan fingerprint density at radius 1 is 1.42 bits per heavy atom. The van der Waals surface area contributed by atoms with Gasteiger partial charge in [-0.1, -0.05) is 0 Å². The number of amides is 2. The molecule has 1 aromatic heterocycles. The molecule has 0 aromatic carbocycles. The van der Waals surface area contributed by atoms with Crippen molar-refractivity contribution in [1.82, 2.24) is 10.3 Å². The van der Waals surface area contributed by atoms with Crippen molar-refractivity contribution in [2.45, 2.75) is 12.0 Å². The van der Waals surface area contributed by atoms with Crippen molar-refractivity contribution >= 4 is 23.6 Å². The van der Waals surface area contributed by atoms with Crippen molar-refractivity contribution in [3.8, 4) is 5.75 Å². The molecule has 0 bridgehead atoms. The van der Waals surface area contributed by atoms with Crippen LogP contribution in [-0.2, 0) is 9.53 Å². The highest BCUT2D eigenvalue weighted by Gasteiger charge is 2.52. The number of fused-ring (bicyclic) bond motifs is 1. The van der Waals surface area contributed by atoms with E-state index >= 15 is 0 Å². The summed E-state index contributed by atoms with van der Waals surface area (Å²) in [6, 6.07) is 3.33. The molecule has 1 aromatic rings. The molecule has 2 atom stereocenters. The Kier molecular flexibility index (Phi) is 3.54. The van der Waals surface area contributed by atoms with Gasteiger partial charge in [-0.2, -0.15) is 0 Å². The second-order valence-electron chi connectivity index (χ2n) is 6.21. The van der Waals surface area contributed by atoms with E-state index in [1.807, 2.05) is 0 Å². The number of aliphatic hydroxyl groups is 1. The molecule has 4 rings (SSSR count). The smallest absolute Gasteiger partial charge is 0.416 e. The maximum Gasteiger partial charge on any atom is 0.416 e. The van der Waals surface area contributed by atoms with Gasteiger partial charge in [0.25, 0.3) is 5.91 Å². The Hall–Kier alpha value is -2.39. The summed E-state index contributed by atoms with van der Waals surface area (Å²) < 4.78 is 10.9. The fourth-order valence-corrected chi connectivity index (χ4v) is 3.41. The Morgan fingerprint density at radius 2 is 2.29 bits per heavy atom. The van der Waals surface area contributed by atoms with Crippen LogP contribution >= 0.6 is 0 Å². The average molecular weight is 334 g/mol. The Labute approximate surface area is 137 Å². The Morgan fingerprint density at radius 3 is 3.12 bits per heavy atom. The van der Waals surface area contributed by atoms with Crippen molar-refractivity contribution in [2.24, 2.45) is 5.92 Å². The van der Waals surface area contributed by atoms with Crippen LogP contribution in [0.1, 0.15) is 6.42 Å². The average Bonchev–Trinajstić information content (AvgIpc) is 2.91. The largest absolute Gasteiger partial charge is 0.480 e. The molecule has 9 heteroatoms. The summed E-state index contributed by atoms with van der Waals surface area (Å²) in [7, 11) is 0. The molecule has 128 valence electrons. The number of ether oxygens (including phenoxy) is 2. The van der Waals surface area contributed by atoms with E-state index in [1.165, 1.54) is 4.90 Å². The zero-order valence-corrected chi connectivity index (χ0v) is 12.9. The van der Waals surface area contributed by atoms with E-state index in [9.17, 15) is 14.7 Å². The number of hydrogen-bond donors (Lipinski definition) is 3. The first kappa shape index (κ1) is 15.2. The van der Waals surface area contributed by atoms with Crippen LogP contribution in [-0.4, -0.2) is 60.5 Å². The van der Waals surface area contributed by atoms with Crippen molar-refractivity contribution < 1.29 is 24.2 Å². The molecule has 3 aliphatic heterocycles. The summed E-state index contributed by atoms with van der Waals surface area (Å²) >= 11 is 0. The molecule has 3 N–H and O–H groups in total. The van der Waals surface area contributed by atoms with Crippen LogP contribution in [0.15, 0.2) is 12.1 Å². The molecule has 1 spiro atoms. The van der Waals surface area contributed by atoms with Gasteiger partial charge in [-0.05, 0) is 18.7 Å². The minimum Gasteiger partial charge on any atom is -0.480 e. The first-order valence-corrected chi connectivity index (χ1v) is 7.87. The van der Waals surface area contributed by atoms with Gasteiger partial charge in [0.2, 0.25) is 0 Å². The van der Waals surface area contributed by atoms with E-state index in [0.717, 1.165) is 6.54 Å². The van der Waals surface area contributed by atoms with Gasteiger partial charge in [-0.15, -0.1) is 0 Å². The molecule has 2 saturated heterocycles. The predicted octanol–water partition coefficient (Wildman–Crippen LogP) is -0.290. The van der Waals surface area contributed by atoms with Crippen molar-refractivity contribution in [3.63, 3.8) is 0 Å². The number of rotatable bonds is 2. The van der Waals surface area contributed by atoms with Crippen LogP contribution in [0.25, 0.3) is 0 Å². The van der Waals surface area contributed by atoms with Crippen LogP contribution in [0.4, 0.5) is 16.4 Å². The van der Waals surface area contributed by atoms with Gasteiger partial charge in [-0.25, -0.2) is 9.78 Å². The second-order valence-corrected chi connectivity index (χ2v) is 6.21. The maximum absolute atomic E-state index is 12.4. The number of nitrogens with one attached hydrogen (secondary N) is 2. The quantitative estimate of drug-likeness (QED) is 0.681. The number of hydrogen-bond acceptors (Lipinski definition) is 7. The third-order valence-corrected chi connectivity index (χ3v) is 4.75. The van der Waals surface area contributed by atoms with Gasteiger partial charge in [0.05, 0.1) is 13.2 Å². The second kappa shape index (κ2) is 5.60. The van der Waals surface area contributed by atoms with E-state index in [-0.39, 0.29) is 25.0 Å². The molecule has 2 fully saturated rings. The van der Waals surface area contributed by atoms with E-state index in [1.54, 1.807) is 12.1 Å². The van der Waals surface area contributed by atoms with Gasteiger partial charge < -0.3 is 25.2 Å². The third kappa shape index (κ3) is 2.36. The number of carbonyl (C=O) groups is 2. The number of nitrogens with zero attached hydrogens (tertiary/aromatic N) is 2. The number of carbonyl (C=O) groups excluding carboxylic acids is 2. The Balaban J connectivity index is 1.62. The topological polar surface area (TPSA) is 113 Å². The molecule has 3 aliphatic rings. The van der Waals surface area contributed by atoms with Gasteiger partial charge in [0.15, 0.2) is 18.2 Å². The summed E-state index contributed by atoms with van der Waals surface area (Å²) in [6.45, 7) is 1.53. The molecule has 24 heavy (non-hydrogen) atoms. The van der Waals surface area contributed by atoms with Crippen molar-refractivity contribution in [2.75, 3.05) is 43.1 Å². The lowest BCUT2D eigenvalue weighted by Crippen LogP contribution is -2.54. The Bertz CT molecular complexity index is 696. The molecule has 0 radical (unpaired) electrons. The molecule has 9 nitrogen and oxygen atoms in total. The summed E-state index contributed by atoms with van der Waals surface area (Å²) in [5.41, 5.74) is -0.714. The standard InChI is InChI=1S/C15H18N4O5/c20-6-9-5-16-4-3-15(9)8-19(14(22)24-15)11-2-1-10-13(17-11)18-12(21)7-23-10/h1-2,9,16,20H,3-8H2,(H,17,18,21). The minimum atomic E-state index is -0.714. The fourth-order valence-electron chi connectivity index (χ4n) is 3.41. The maximum atomic E-state index is 12.4. The van der Waals surface area contributed by atoms with Gasteiger partial charge >= 0.3 is 6.09 Å². The monoisotopic (exact) mass is 334 g/mol. The number of aromatic nitrogens is 1. The molecular formula is C15H18N4O5. The summed E-state index contributed by atoms with van der Waals surface area (Å²) in [5.74, 6) is 0.695.